The predicted molar refractivity (Wildman–Crippen MR) is 135 cm³/mol. The van der Waals surface area contributed by atoms with Gasteiger partial charge >= 0.3 is 0 Å². The minimum absolute atomic E-state index is 0. The molecule has 0 atom stereocenters. The van der Waals surface area contributed by atoms with E-state index in [0.717, 1.165) is 12.0 Å². The predicted octanol–water partition coefficient (Wildman–Crippen LogP) is 9.31. The van der Waals surface area contributed by atoms with Gasteiger partial charge in [-0.3, -0.25) is 0 Å². The van der Waals surface area contributed by atoms with Crippen molar-refractivity contribution in [2.75, 3.05) is 0 Å². The molecule has 29 heavy (non-hydrogen) atoms. The summed E-state index contributed by atoms with van der Waals surface area (Å²) in [5.41, 5.74) is 10.4. The summed E-state index contributed by atoms with van der Waals surface area (Å²) in [6.07, 6.45) is 5.38. The van der Waals surface area contributed by atoms with Crippen LogP contribution in [0.2, 0.25) is 0 Å². The van der Waals surface area contributed by atoms with Crippen LogP contribution in [0.15, 0.2) is 90.0 Å². The van der Waals surface area contributed by atoms with E-state index in [2.05, 4.69) is 109 Å². The minimum atomic E-state index is 0. The Bertz CT molecular complexity index is 837. The number of hydrogen-bond acceptors (Lipinski definition) is 0. The highest BCUT2D eigenvalue weighted by Gasteiger charge is 1.96. The molecule has 0 aliphatic heterocycles. The average Bonchev–Trinajstić information content (AvgIpc) is 2.72. The molecule has 2 rings (SSSR count). The average molecular weight is 389 g/mol. The van der Waals surface area contributed by atoms with E-state index in [1.54, 1.807) is 0 Å². The van der Waals surface area contributed by atoms with Gasteiger partial charge in [0.2, 0.25) is 0 Å². The van der Waals surface area contributed by atoms with E-state index in [-0.39, 0.29) is 7.43 Å². The second kappa shape index (κ2) is 13.6. The second-order valence-electron chi connectivity index (χ2n) is 7.52. The molecule has 0 fully saturated rings. The molecule has 0 radical (unpaired) electrons. The van der Waals surface area contributed by atoms with Crippen LogP contribution in [0.3, 0.4) is 0 Å². The molecule has 0 spiro atoms. The lowest BCUT2D eigenvalue weighted by molar-refractivity contribution is 1.14. The molecule has 0 nitrogen and oxygen atoms in total. The first-order valence-electron chi connectivity index (χ1n) is 10.1. The molecule has 0 bridgehead atoms. The van der Waals surface area contributed by atoms with Crippen LogP contribution >= 0.6 is 0 Å². The molecule has 0 N–H and O–H groups in total. The van der Waals surface area contributed by atoms with E-state index in [1.807, 2.05) is 13.0 Å². The molecule has 156 valence electrons. The highest BCUT2D eigenvalue weighted by Crippen LogP contribution is 2.17. The second-order valence-corrected chi connectivity index (χ2v) is 7.52. The van der Waals surface area contributed by atoms with Gasteiger partial charge in [0.25, 0.3) is 0 Å². The van der Waals surface area contributed by atoms with Crippen molar-refractivity contribution < 1.29 is 0 Å². The van der Waals surface area contributed by atoms with Crippen LogP contribution in [0.25, 0.3) is 11.1 Å². The van der Waals surface area contributed by atoms with Gasteiger partial charge in [0.15, 0.2) is 0 Å². The van der Waals surface area contributed by atoms with Gasteiger partial charge in [-0.1, -0.05) is 98.8 Å². The third-order valence-corrected chi connectivity index (χ3v) is 5.03. The Morgan fingerprint density at radius 3 is 1.76 bits per heavy atom. The van der Waals surface area contributed by atoms with Gasteiger partial charge in [-0.05, 0) is 81.4 Å². The lowest BCUT2D eigenvalue weighted by Gasteiger charge is -2.03. The third-order valence-electron chi connectivity index (χ3n) is 5.03. The first-order chi connectivity index (χ1) is 13.3. The van der Waals surface area contributed by atoms with Gasteiger partial charge in [0, 0.05) is 0 Å². The maximum atomic E-state index is 3.93. The first-order valence-corrected chi connectivity index (χ1v) is 10.1. The highest BCUT2D eigenvalue weighted by molar-refractivity contribution is 5.66. The van der Waals surface area contributed by atoms with Crippen LogP contribution in [-0.4, -0.2) is 0 Å². The Kier molecular flexibility index (Phi) is 12.3. The van der Waals surface area contributed by atoms with E-state index in [1.165, 1.54) is 39.0 Å². The number of benzene rings is 2. The monoisotopic (exact) mass is 388 g/mol. The molecule has 0 aliphatic rings. The number of allylic oxidation sites excluding steroid dienone is 7. The van der Waals surface area contributed by atoms with E-state index >= 15 is 0 Å². The van der Waals surface area contributed by atoms with Crippen molar-refractivity contribution in [3.05, 3.63) is 107 Å². The van der Waals surface area contributed by atoms with Crippen molar-refractivity contribution in [2.24, 2.45) is 0 Å². The summed E-state index contributed by atoms with van der Waals surface area (Å²) in [7, 11) is 0. The summed E-state index contributed by atoms with van der Waals surface area (Å²) >= 11 is 0. The molecule has 2 aromatic rings. The summed E-state index contributed by atoms with van der Waals surface area (Å²) < 4.78 is 0. The van der Waals surface area contributed by atoms with Crippen LogP contribution in [0, 0.1) is 0 Å². The van der Waals surface area contributed by atoms with Crippen molar-refractivity contribution in [3.8, 4) is 0 Å². The first kappa shape index (κ1) is 26.4. The molecule has 0 unspecified atom stereocenters. The Balaban J connectivity index is 0.000000568. The SMILES string of the molecule is C.C=C(C)/C(C)=C/C=C(\C)c1ccc(CC)cc1.CC(C)=C(C)c1ccccc1. The number of hydrogen-bond donors (Lipinski definition) is 0. The Morgan fingerprint density at radius 2 is 1.31 bits per heavy atom. The van der Waals surface area contributed by atoms with Gasteiger partial charge in [-0.25, -0.2) is 0 Å². The highest BCUT2D eigenvalue weighted by atomic mass is 14.0. The fourth-order valence-electron chi connectivity index (χ4n) is 2.47. The Morgan fingerprint density at radius 1 is 0.759 bits per heavy atom. The zero-order valence-corrected chi connectivity index (χ0v) is 18.8. The smallest absolute Gasteiger partial charge is 0.0227 e. The van der Waals surface area contributed by atoms with Gasteiger partial charge in [0.05, 0.1) is 0 Å². The quantitative estimate of drug-likeness (QED) is 0.447. The maximum absolute atomic E-state index is 3.93. The zero-order valence-electron chi connectivity index (χ0n) is 18.8. The summed E-state index contributed by atoms with van der Waals surface area (Å²) in [6, 6.07) is 19.2. The summed E-state index contributed by atoms with van der Waals surface area (Å²) in [5.74, 6) is 0. The van der Waals surface area contributed by atoms with Crippen LogP contribution in [-0.2, 0) is 6.42 Å². The van der Waals surface area contributed by atoms with Gasteiger partial charge < -0.3 is 0 Å². The van der Waals surface area contributed by atoms with Crippen molar-refractivity contribution in [1.29, 1.82) is 0 Å². The van der Waals surface area contributed by atoms with Gasteiger partial charge in [-0.2, -0.15) is 0 Å². The lowest BCUT2D eigenvalue weighted by atomic mass is 10.0. The molecular weight excluding hydrogens is 348 g/mol. The van der Waals surface area contributed by atoms with Crippen LogP contribution in [0.4, 0.5) is 0 Å². The topological polar surface area (TPSA) is 0 Å². The molecule has 0 saturated heterocycles. The summed E-state index contributed by atoms with van der Waals surface area (Å²) in [6.45, 7) is 18.8. The third kappa shape index (κ3) is 9.43. The lowest BCUT2D eigenvalue weighted by Crippen LogP contribution is -1.83. The largest absolute Gasteiger partial charge is 0.0958 e. The van der Waals surface area contributed by atoms with Crippen molar-refractivity contribution in [3.63, 3.8) is 0 Å². The van der Waals surface area contributed by atoms with Gasteiger partial charge in [0.1, 0.15) is 0 Å². The molecule has 0 aromatic heterocycles. The molecular formula is C29H40. The van der Waals surface area contributed by atoms with Crippen LogP contribution < -0.4 is 0 Å². The molecule has 0 heterocycles. The van der Waals surface area contributed by atoms with Crippen molar-refractivity contribution in [1.82, 2.24) is 0 Å². The van der Waals surface area contributed by atoms with Crippen LogP contribution in [0.5, 0.6) is 0 Å². The van der Waals surface area contributed by atoms with E-state index < -0.39 is 0 Å². The van der Waals surface area contributed by atoms with Crippen molar-refractivity contribution in [2.45, 2.75) is 62.3 Å². The fraction of sp³-hybridized carbons (Fsp3) is 0.310. The summed E-state index contributed by atoms with van der Waals surface area (Å²) in [4.78, 5) is 0. The molecule has 2 aromatic carbocycles. The Hall–Kier alpha value is -2.60. The fourth-order valence-corrected chi connectivity index (χ4v) is 2.47. The Labute approximate surface area is 180 Å². The van der Waals surface area contributed by atoms with E-state index in [4.69, 9.17) is 0 Å². The minimum Gasteiger partial charge on any atom is -0.0958 e. The van der Waals surface area contributed by atoms with Gasteiger partial charge in [-0.15, -0.1) is 0 Å². The van der Waals surface area contributed by atoms with Crippen molar-refractivity contribution >= 4 is 11.1 Å². The standard InChI is InChI=1S/C17H22.C11H14.CH4/c1-6-16-9-11-17(12-10-16)15(5)8-7-14(4)13(2)3;1-9(2)10(3)11-7-5-4-6-8-11;/h7-12H,2,6H2,1,3-5H3;4-8H,1-3H3;1H4/b14-7+,15-8+;;. The summed E-state index contributed by atoms with van der Waals surface area (Å²) in [5, 5.41) is 0. The molecule has 0 heteroatoms. The normalized spacial score (nSPS) is 11.0. The van der Waals surface area contributed by atoms with E-state index in [9.17, 15) is 0 Å². The molecule has 0 aliphatic carbocycles. The molecule has 0 saturated carbocycles. The number of rotatable bonds is 5. The maximum Gasteiger partial charge on any atom is -0.0227 e. The van der Waals surface area contributed by atoms with E-state index in [0.29, 0.717) is 0 Å². The van der Waals surface area contributed by atoms with Crippen LogP contribution in [0.1, 0.15) is 72.6 Å². The number of aryl methyl sites for hydroxylation is 1. The molecule has 0 amide bonds. The zero-order chi connectivity index (χ0) is 21.1.